The molecule has 5 nitrogen and oxygen atoms in total. The van der Waals surface area contributed by atoms with Gasteiger partial charge in [-0.2, -0.15) is 0 Å². The molecule has 3 rings (SSSR count). The molecule has 0 aliphatic carbocycles. The van der Waals surface area contributed by atoms with E-state index in [0.717, 1.165) is 24.0 Å². The number of morpholine rings is 1. The Balaban J connectivity index is 2.14. The Bertz CT molecular complexity index is 902. The second kappa shape index (κ2) is 9.82. The maximum Gasteiger partial charge on any atom is 0.306 e. The Morgan fingerprint density at radius 1 is 1.13 bits per heavy atom. The zero-order valence-corrected chi connectivity index (χ0v) is 18.4. The molecule has 0 bridgehead atoms. The van der Waals surface area contributed by atoms with E-state index in [9.17, 15) is 14.7 Å². The SMILES string of the molecule is CCCC(C)N1C(=O)[C@H](CC(=O)O)O[C@@H](c2cccc(Cl)c2)[C@H]1c1ccc(Cl)cc1. The molecule has 7 heteroatoms. The highest BCUT2D eigenvalue weighted by Crippen LogP contribution is 2.44. The van der Waals surface area contributed by atoms with Gasteiger partial charge in [-0.25, -0.2) is 0 Å². The fourth-order valence-electron chi connectivity index (χ4n) is 4.04. The summed E-state index contributed by atoms with van der Waals surface area (Å²) in [5.41, 5.74) is 1.66. The molecule has 2 aromatic carbocycles. The predicted octanol–water partition coefficient (Wildman–Crippen LogP) is 5.67. The zero-order valence-electron chi connectivity index (χ0n) is 16.9. The van der Waals surface area contributed by atoms with Crippen molar-refractivity contribution in [3.63, 3.8) is 0 Å². The lowest BCUT2D eigenvalue weighted by Gasteiger charge is -2.47. The average molecular weight is 450 g/mol. The summed E-state index contributed by atoms with van der Waals surface area (Å²) in [4.78, 5) is 26.6. The molecular formula is C23H25Cl2NO4. The van der Waals surface area contributed by atoms with Crippen molar-refractivity contribution in [3.05, 3.63) is 69.7 Å². The fraction of sp³-hybridized carbons (Fsp3) is 0.391. The molecule has 0 saturated carbocycles. The van der Waals surface area contributed by atoms with Gasteiger partial charge < -0.3 is 14.7 Å². The number of halogens is 2. The summed E-state index contributed by atoms with van der Waals surface area (Å²) in [6, 6.07) is 14.1. The van der Waals surface area contributed by atoms with Crippen LogP contribution in [0.4, 0.5) is 0 Å². The lowest BCUT2D eigenvalue weighted by atomic mass is 9.89. The third-order valence-electron chi connectivity index (χ3n) is 5.36. The van der Waals surface area contributed by atoms with Crippen molar-refractivity contribution in [3.8, 4) is 0 Å². The number of hydrogen-bond donors (Lipinski definition) is 1. The third kappa shape index (κ3) is 4.97. The summed E-state index contributed by atoms with van der Waals surface area (Å²) < 4.78 is 6.14. The Morgan fingerprint density at radius 2 is 1.83 bits per heavy atom. The first-order valence-corrected chi connectivity index (χ1v) is 10.8. The highest BCUT2D eigenvalue weighted by Gasteiger charge is 2.46. The Kier molecular flexibility index (Phi) is 7.40. The maximum atomic E-state index is 13.4. The van der Waals surface area contributed by atoms with Gasteiger partial charge in [0.25, 0.3) is 5.91 Å². The van der Waals surface area contributed by atoms with Crippen LogP contribution in [0.2, 0.25) is 10.0 Å². The van der Waals surface area contributed by atoms with Crippen LogP contribution in [0.3, 0.4) is 0 Å². The second-order valence-corrected chi connectivity index (χ2v) is 8.45. The molecule has 30 heavy (non-hydrogen) atoms. The number of rotatable bonds is 7. The molecule has 1 saturated heterocycles. The molecule has 4 atom stereocenters. The quantitative estimate of drug-likeness (QED) is 0.591. The molecule has 1 aliphatic heterocycles. The van der Waals surface area contributed by atoms with E-state index in [4.69, 9.17) is 27.9 Å². The molecule has 1 N–H and O–H groups in total. The zero-order chi connectivity index (χ0) is 21.8. The van der Waals surface area contributed by atoms with E-state index in [2.05, 4.69) is 6.92 Å². The van der Waals surface area contributed by atoms with Crippen LogP contribution in [0.25, 0.3) is 0 Å². The second-order valence-electron chi connectivity index (χ2n) is 7.58. The summed E-state index contributed by atoms with van der Waals surface area (Å²) in [5, 5.41) is 10.5. The van der Waals surface area contributed by atoms with Crippen molar-refractivity contribution < 1.29 is 19.4 Å². The normalized spacial score (nSPS) is 22.7. The van der Waals surface area contributed by atoms with Crippen molar-refractivity contribution >= 4 is 35.1 Å². The molecule has 2 aromatic rings. The van der Waals surface area contributed by atoms with E-state index < -0.39 is 30.6 Å². The van der Waals surface area contributed by atoms with E-state index in [0.29, 0.717) is 10.0 Å². The molecule has 160 valence electrons. The van der Waals surface area contributed by atoms with Gasteiger partial charge in [0.05, 0.1) is 12.5 Å². The highest BCUT2D eigenvalue weighted by atomic mass is 35.5. The summed E-state index contributed by atoms with van der Waals surface area (Å²) in [6.07, 6.45) is -0.332. The van der Waals surface area contributed by atoms with Gasteiger partial charge in [-0.15, -0.1) is 0 Å². The van der Waals surface area contributed by atoms with Crippen LogP contribution in [0.5, 0.6) is 0 Å². The number of carbonyl (C=O) groups is 2. The van der Waals surface area contributed by atoms with Crippen molar-refractivity contribution in [1.29, 1.82) is 0 Å². The van der Waals surface area contributed by atoms with Crippen LogP contribution in [0, 0.1) is 0 Å². The van der Waals surface area contributed by atoms with Gasteiger partial charge in [0.15, 0.2) is 0 Å². The van der Waals surface area contributed by atoms with Gasteiger partial charge >= 0.3 is 5.97 Å². The monoisotopic (exact) mass is 449 g/mol. The number of amides is 1. The van der Waals surface area contributed by atoms with E-state index >= 15 is 0 Å². The summed E-state index contributed by atoms with van der Waals surface area (Å²) in [7, 11) is 0. The van der Waals surface area contributed by atoms with Crippen LogP contribution < -0.4 is 0 Å². The molecule has 1 fully saturated rings. The molecule has 1 amide bonds. The average Bonchev–Trinajstić information content (AvgIpc) is 2.69. The minimum absolute atomic E-state index is 0.0925. The van der Waals surface area contributed by atoms with Crippen molar-refractivity contribution in [2.75, 3.05) is 0 Å². The lowest BCUT2D eigenvalue weighted by molar-refractivity contribution is -0.183. The van der Waals surface area contributed by atoms with E-state index in [-0.39, 0.29) is 11.9 Å². The smallest absolute Gasteiger partial charge is 0.306 e. The Hall–Kier alpha value is -2.08. The first kappa shape index (κ1) is 22.6. The number of hydrogen-bond acceptors (Lipinski definition) is 3. The molecule has 0 radical (unpaired) electrons. The lowest BCUT2D eigenvalue weighted by Crippen LogP contribution is -2.54. The molecule has 1 heterocycles. The number of benzene rings is 2. The maximum absolute atomic E-state index is 13.4. The number of carbonyl (C=O) groups excluding carboxylic acids is 1. The van der Waals surface area contributed by atoms with Gasteiger partial charge in [-0.1, -0.05) is 60.8 Å². The third-order valence-corrected chi connectivity index (χ3v) is 5.84. The Morgan fingerprint density at radius 3 is 2.43 bits per heavy atom. The van der Waals surface area contributed by atoms with Crippen LogP contribution in [0.15, 0.2) is 48.5 Å². The van der Waals surface area contributed by atoms with Crippen molar-refractivity contribution in [1.82, 2.24) is 4.90 Å². The number of carboxylic acid groups (broad SMARTS) is 1. The Labute approximate surface area is 186 Å². The fourth-order valence-corrected chi connectivity index (χ4v) is 4.37. The van der Waals surface area contributed by atoms with E-state index in [1.54, 1.807) is 29.2 Å². The standard InChI is InChI=1S/C23H25Cl2NO4/c1-3-5-14(2)26-21(15-8-10-17(24)11-9-15)22(16-6-4-7-18(25)12-16)30-19(23(26)29)13-20(27)28/h4,6-12,14,19,21-22H,3,5,13H2,1-2H3,(H,27,28)/t14?,19-,21+,22-/m0/s1. The minimum Gasteiger partial charge on any atom is -0.481 e. The van der Waals surface area contributed by atoms with Crippen LogP contribution in [-0.2, 0) is 14.3 Å². The van der Waals surface area contributed by atoms with Gasteiger partial charge in [-0.05, 0) is 48.7 Å². The summed E-state index contributed by atoms with van der Waals surface area (Å²) in [5.74, 6) is -1.39. The van der Waals surface area contributed by atoms with Gasteiger partial charge in [0.2, 0.25) is 0 Å². The highest BCUT2D eigenvalue weighted by molar-refractivity contribution is 6.30. The topological polar surface area (TPSA) is 66.8 Å². The number of nitrogens with zero attached hydrogens (tertiary/aromatic N) is 1. The molecular weight excluding hydrogens is 425 g/mol. The molecule has 0 spiro atoms. The van der Waals surface area contributed by atoms with E-state index in [1.807, 2.05) is 31.2 Å². The number of ether oxygens (including phenoxy) is 1. The van der Waals surface area contributed by atoms with Gasteiger partial charge in [0, 0.05) is 16.1 Å². The molecule has 1 unspecified atom stereocenters. The minimum atomic E-state index is -1.08. The number of carboxylic acids is 1. The summed E-state index contributed by atoms with van der Waals surface area (Å²) in [6.45, 7) is 4.05. The van der Waals surface area contributed by atoms with E-state index in [1.165, 1.54) is 0 Å². The van der Waals surface area contributed by atoms with Gasteiger partial charge in [0.1, 0.15) is 12.2 Å². The largest absolute Gasteiger partial charge is 0.481 e. The van der Waals surface area contributed by atoms with Crippen LogP contribution in [-0.4, -0.2) is 34.0 Å². The van der Waals surface area contributed by atoms with Crippen LogP contribution >= 0.6 is 23.2 Å². The van der Waals surface area contributed by atoms with Crippen LogP contribution in [0.1, 0.15) is 56.4 Å². The number of aliphatic carboxylic acids is 1. The molecule has 0 aromatic heterocycles. The summed E-state index contributed by atoms with van der Waals surface area (Å²) >= 11 is 12.3. The molecule has 1 aliphatic rings. The van der Waals surface area contributed by atoms with Crippen molar-refractivity contribution in [2.45, 2.75) is 57.4 Å². The van der Waals surface area contributed by atoms with Gasteiger partial charge in [-0.3, -0.25) is 9.59 Å². The first-order valence-electron chi connectivity index (χ1n) is 10.0. The first-order chi connectivity index (χ1) is 14.3. The predicted molar refractivity (Wildman–Crippen MR) is 117 cm³/mol. The van der Waals surface area contributed by atoms with Crippen molar-refractivity contribution in [2.24, 2.45) is 0 Å².